The molecule has 0 atom stereocenters. The number of aryl methyl sites for hydroxylation is 1. The molecule has 0 radical (unpaired) electrons. The van der Waals surface area contributed by atoms with Crippen LogP contribution in [0.2, 0.25) is 0 Å². The first-order chi connectivity index (χ1) is 13.1. The summed E-state index contributed by atoms with van der Waals surface area (Å²) in [6.45, 7) is 2.57. The number of anilines is 2. The SMILES string of the molecule is Cc1nc(-c2ccccn2)sc1C(=O)Nc1ccc(N2CCCC2=O)cc1. The van der Waals surface area contributed by atoms with E-state index in [1.807, 2.05) is 49.4 Å². The maximum atomic E-state index is 12.6. The number of thiazole rings is 1. The summed E-state index contributed by atoms with van der Waals surface area (Å²) in [6, 6.07) is 13.0. The maximum absolute atomic E-state index is 12.6. The van der Waals surface area contributed by atoms with Crippen molar-refractivity contribution < 1.29 is 9.59 Å². The first-order valence-electron chi connectivity index (χ1n) is 8.72. The van der Waals surface area contributed by atoms with Crippen molar-refractivity contribution in [3.05, 3.63) is 59.2 Å². The number of nitrogens with one attached hydrogen (secondary N) is 1. The molecule has 0 unspecified atom stereocenters. The van der Waals surface area contributed by atoms with Crippen LogP contribution in [-0.2, 0) is 4.79 Å². The summed E-state index contributed by atoms with van der Waals surface area (Å²) in [5, 5.41) is 3.62. The number of pyridine rings is 1. The molecular formula is C20H18N4O2S. The van der Waals surface area contributed by atoms with E-state index in [-0.39, 0.29) is 11.8 Å². The van der Waals surface area contributed by atoms with Gasteiger partial charge in [0.25, 0.3) is 5.91 Å². The van der Waals surface area contributed by atoms with Gasteiger partial charge in [-0.15, -0.1) is 11.3 Å². The highest BCUT2D eigenvalue weighted by atomic mass is 32.1. The normalized spacial score (nSPS) is 13.8. The van der Waals surface area contributed by atoms with Crippen molar-refractivity contribution in [3.8, 4) is 10.7 Å². The first kappa shape index (κ1) is 17.4. The van der Waals surface area contributed by atoms with Gasteiger partial charge in [0, 0.05) is 30.5 Å². The fourth-order valence-electron chi connectivity index (χ4n) is 3.04. The van der Waals surface area contributed by atoms with Crippen LogP contribution in [0.5, 0.6) is 0 Å². The highest BCUT2D eigenvalue weighted by Crippen LogP contribution is 2.28. The third-order valence-corrected chi connectivity index (χ3v) is 5.58. The average Bonchev–Trinajstić information content (AvgIpc) is 3.29. The average molecular weight is 378 g/mol. The van der Waals surface area contributed by atoms with Crippen LogP contribution in [0.3, 0.4) is 0 Å². The zero-order chi connectivity index (χ0) is 18.8. The zero-order valence-electron chi connectivity index (χ0n) is 14.8. The number of benzene rings is 1. The van der Waals surface area contributed by atoms with Crippen LogP contribution in [-0.4, -0.2) is 28.3 Å². The van der Waals surface area contributed by atoms with E-state index in [4.69, 9.17) is 0 Å². The van der Waals surface area contributed by atoms with Crippen LogP contribution in [0.15, 0.2) is 48.7 Å². The van der Waals surface area contributed by atoms with E-state index >= 15 is 0 Å². The molecule has 0 spiro atoms. The van der Waals surface area contributed by atoms with Crippen molar-refractivity contribution >= 4 is 34.5 Å². The summed E-state index contributed by atoms with van der Waals surface area (Å²) < 4.78 is 0. The van der Waals surface area contributed by atoms with Crippen LogP contribution < -0.4 is 10.2 Å². The maximum Gasteiger partial charge on any atom is 0.267 e. The Morgan fingerprint density at radius 2 is 2.00 bits per heavy atom. The predicted molar refractivity (Wildman–Crippen MR) is 106 cm³/mol. The molecule has 6 nitrogen and oxygen atoms in total. The van der Waals surface area contributed by atoms with Gasteiger partial charge in [-0.05, 0) is 49.7 Å². The van der Waals surface area contributed by atoms with Crippen molar-refractivity contribution in [1.29, 1.82) is 0 Å². The Labute approximate surface area is 160 Å². The minimum atomic E-state index is -0.197. The van der Waals surface area contributed by atoms with Gasteiger partial charge in [-0.2, -0.15) is 0 Å². The smallest absolute Gasteiger partial charge is 0.267 e. The number of hydrogen-bond acceptors (Lipinski definition) is 5. The highest BCUT2D eigenvalue weighted by Gasteiger charge is 2.22. The Hall–Kier alpha value is -3.06. The fourth-order valence-corrected chi connectivity index (χ4v) is 3.98. The van der Waals surface area contributed by atoms with Crippen LogP contribution in [0.4, 0.5) is 11.4 Å². The minimum absolute atomic E-state index is 0.147. The van der Waals surface area contributed by atoms with E-state index in [1.165, 1.54) is 11.3 Å². The Balaban J connectivity index is 1.49. The zero-order valence-corrected chi connectivity index (χ0v) is 15.6. The van der Waals surface area contributed by atoms with Gasteiger partial charge in [0.1, 0.15) is 9.88 Å². The number of aromatic nitrogens is 2. The number of rotatable bonds is 4. The summed E-state index contributed by atoms with van der Waals surface area (Å²) in [5.74, 6) is -0.0497. The van der Waals surface area contributed by atoms with E-state index in [1.54, 1.807) is 11.1 Å². The third-order valence-electron chi connectivity index (χ3n) is 4.40. The van der Waals surface area contributed by atoms with Gasteiger partial charge < -0.3 is 10.2 Å². The third kappa shape index (κ3) is 3.59. The molecule has 2 aromatic heterocycles. The molecule has 0 saturated carbocycles. The second kappa shape index (κ2) is 7.28. The number of nitrogens with zero attached hydrogens (tertiary/aromatic N) is 3. The molecule has 1 fully saturated rings. The Kier molecular flexibility index (Phi) is 4.68. The van der Waals surface area contributed by atoms with Gasteiger partial charge in [0.2, 0.25) is 5.91 Å². The molecule has 1 aliphatic heterocycles. The minimum Gasteiger partial charge on any atom is -0.321 e. The second-order valence-corrected chi connectivity index (χ2v) is 7.30. The van der Waals surface area contributed by atoms with Crippen molar-refractivity contribution in [1.82, 2.24) is 9.97 Å². The fraction of sp³-hybridized carbons (Fsp3) is 0.200. The second-order valence-electron chi connectivity index (χ2n) is 6.30. The van der Waals surface area contributed by atoms with Crippen molar-refractivity contribution in [3.63, 3.8) is 0 Å². The lowest BCUT2D eigenvalue weighted by molar-refractivity contribution is -0.117. The van der Waals surface area contributed by atoms with Gasteiger partial charge >= 0.3 is 0 Å². The predicted octanol–water partition coefficient (Wildman–Crippen LogP) is 3.89. The van der Waals surface area contributed by atoms with Gasteiger partial charge in [0.15, 0.2) is 0 Å². The molecule has 1 aliphatic rings. The van der Waals surface area contributed by atoms with E-state index in [2.05, 4.69) is 15.3 Å². The molecule has 136 valence electrons. The molecule has 2 amide bonds. The van der Waals surface area contributed by atoms with Crippen LogP contribution >= 0.6 is 11.3 Å². The molecular weight excluding hydrogens is 360 g/mol. The van der Waals surface area contributed by atoms with Crippen molar-refractivity contribution in [2.45, 2.75) is 19.8 Å². The van der Waals surface area contributed by atoms with Crippen molar-refractivity contribution in [2.75, 3.05) is 16.8 Å². The summed E-state index contributed by atoms with van der Waals surface area (Å²) in [5.41, 5.74) is 2.98. The molecule has 27 heavy (non-hydrogen) atoms. The van der Waals surface area contributed by atoms with E-state index < -0.39 is 0 Å². The highest BCUT2D eigenvalue weighted by molar-refractivity contribution is 7.17. The van der Waals surface area contributed by atoms with E-state index in [0.717, 1.165) is 29.4 Å². The van der Waals surface area contributed by atoms with Crippen LogP contribution in [0, 0.1) is 6.92 Å². The molecule has 1 N–H and O–H groups in total. The van der Waals surface area contributed by atoms with Gasteiger partial charge in [0.05, 0.1) is 11.4 Å². The van der Waals surface area contributed by atoms with Gasteiger partial charge in [-0.3, -0.25) is 14.6 Å². The summed E-state index contributed by atoms with van der Waals surface area (Å²) in [6.07, 6.45) is 3.20. The molecule has 1 aromatic carbocycles. The monoisotopic (exact) mass is 378 g/mol. The molecule has 0 bridgehead atoms. The topological polar surface area (TPSA) is 75.2 Å². The van der Waals surface area contributed by atoms with Crippen molar-refractivity contribution in [2.24, 2.45) is 0 Å². The Morgan fingerprint density at radius 3 is 2.67 bits per heavy atom. The largest absolute Gasteiger partial charge is 0.321 e. The molecule has 7 heteroatoms. The molecule has 4 rings (SSSR count). The Bertz CT molecular complexity index is 983. The standard InChI is InChI=1S/C20H18N4O2S/c1-13-18(27-20(22-13)16-5-2-3-11-21-16)19(26)23-14-7-9-15(10-8-14)24-12-4-6-17(24)25/h2-3,5,7-11H,4,6,12H2,1H3,(H,23,26). The van der Waals surface area contributed by atoms with Gasteiger partial charge in [-0.25, -0.2) is 4.98 Å². The summed E-state index contributed by atoms with van der Waals surface area (Å²) in [4.78, 5) is 35.6. The molecule has 0 aliphatic carbocycles. The number of carbonyl (C=O) groups excluding carboxylic acids is 2. The van der Waals surface area contributed by atoms with Crippen LogP contribution in [0.25, 0.3) is 10.7 Å². The molecule has 3 aromatic rings. The lowest BCUT2D eigenvalue weighted by atomic mass is 10.2. The van der Waals surface area contributed by atoms with E-state index in [0.29, 0.717) is 22.7 Å². The van der Waals surface area contributed by atoms with Crippen LogP contribution in [0.1, 0.15) is 28.2 Å². The lowest BCUT2D eigenvalue weighted by Gasteiger charge is -2.16. The number of amides is 2. The number of carbonyl (C=O) groups is 2. The summed E-state index contributed by atoms with van der Waals surface area (Å²) in [7, 11) is 0. The molecule has 3 heterocycles. The van der Waals surface area contributed by atoms with Gasteiger partial charge in [-0.1, -0.05) is 6.07 Å². The quantitative estimate of drug-likeness (QED) is 0.747. The number of hydrogen-bond donors (Lipinski definition) is 1. The first-order valence-corrected chi connectivity index (χ1v) is 9.54. The Morgan fingerprint density at radius 1 is 1.19 bits per heavy atom. The summed E-state index contributed by atoms with van der Waals surface area (Å²) >= 11 is 1.33. The van der Waals surface area contributed by atoms with E-state index in [9.17, 15) is 9.59 Å². The molecule has 1 saturated heterocycles. The lowest BCUT2D eigenvalue weighted by Crippen LogP contribution is -2.23.